The Labute approximate surface area is 157 Å². The maximum Gasteiger partial charge on any atom is 0.255 e. The van der Waals surface area contributed by atoms with Gasteiger partial charge in [-0.15, -0.1) is 0 Å². The average molecular weight is 366 g/mol. The molecule has 0 radical (unpaired) electrons. The van der Waals surface area contributed by atoms with Crippen LogP contribution in [0.3, 0.4) is 0 Å². The van der Waals surface area contributed by atoms with E-state index in [-0.39, 0.29) is 18.1 Å². The Bertz CT molecular complexity index is 982. The summed E-state index contributed by atoms with van der Waals surface area (Å²) in [5, 5.41) is 5.20. The maximum atomic E-state index is 12.8. The molecule has 0 saturated heterocycles. The Hall–Kier alpha value is -3.09. The standard InChI is InChI=1S/C20H22N4O3/c1-13(2)24-19-14(10-22-24)8-15(9-21-19)20(25)23(3)11-16-12-26-17-6-4-5-7-18(17)27-16/h4-10,13,16H,11-12H2,1-3H3/t16-/m1/s1. The van der Waals surface area contributed by atoms with Gasteiger partial charge in [0.15, 0.2) is 23.3 Å². The van der Waals surface area contributed by atoms with Gasteiger partial charge in [0.05, 0.1) is 18.3 Å². The highest BCUT2D eigenvalue weighted by Gasteiger charge is 2.24. The highest BCUT2D eigenvalue weighted by molar-refractivity contribution is 5.96. The van der Waals surface area contributed by atoms with Gasteiger partial charge >= 0.3 is 0 Å². The molecule has 140 valence electrons. The Morgan fingerprint density at radius 1 is 1.30 bits per heavy atom. The predicted molar refractivity (Wildman–Crippen MR) is 101 cm³/mol. The lowest BCUT2D eigenvalue weighted by Gasteiger charge is -2.29. The second-order valence-electron chi connectivity index (χ2n) is 7.00. The molecule has 1 aliphatic rings. The molecule has 0 bridgehead atoms. The summed E-state index contributed by atoms with van der Waals surface area (Å²) in [6.07, 6.45) is 3.14. The van der Waals surface area contributed by atoms with E-state index in [0.717, 1.165) is 16.8 Å². The largest absolute Gasteiger partial charge is 0.486 e. The smallest absolute Gasteiger partial charge is 0.255 e. The second kappa shape index (κ2) is 6.90. The van der Waals surface area contributed by atoms with Crippen LogP contribution in [0.4, 0.5) is 0 Å². The van der Waals surface area contributed by atoms with Crippen LogP contribution in [0.25, 0.3) is 11.0 Å². The van der Waals surface area contributed by atoms with Crippen molar-refractivity contribution >= 4 is 16.9 Å². The zero-order chi connectivity index (χ0) is 19.0. The van der Waals surface area contributed by atoms with Gasteiger partial charge in [-0.05, 0) is 32.0 Å². The molecular weight excluding hydrogens is 344 g/mol. The fourth-order valence-corrected chi connectivity index (χ4v) is 3.20. The van der Waals surface area contributed by atoms with Crippen molar-refractivity contribution in [1.82, 2.24) is 19.7 Å². The number of likely N-dealkylation sites (N-methyl/N-ethyl adjacent to an activating group) is 1. The van der Waals surface area contributed by atoms with Gasteiger partial charge < -0.3 is 14.4 Å². The number of hydrogen-bond acceptors (Lipinski definition) is 5. The number of fused-ring (bicyclic) bond motifs is 2. The third kappa shape index (κ3) is 3.32. The molecule has 0 fully saturated rings. The Morgan fingerprint density at radius 3 is 2.85 bits per heavy atom. The Morgan fingerprint density at radius 2 is 2.07 bits per heavy atom. The molecule has 0 N–H and O–H groups in total. The first-order valence-corrected chi connectivity index (χ1v) is 9.00. The summed E-state index contributed by atoms with van der Waals surface area (Å²) in [6, 6.07) is 9.60. The van der Waals surface area contributed by atoms with Gasteiger partial charge in [-0.3, -0.25) is 4.79 Å². The number of benzene rings is 1. The second-order valence-corrected chi connectivity index (χ2v) is 7.00. The first kappa shape index (κ1) is 17.3. The minimum absolute atomic E-state index is 0.107. The van der Waals surface area contributed by atoms with E-state index in [0.29, 0.717) is 24.5 Å². The number of pyridine rings is 1. The third-order valence-corrected chi connectivity index (χ3v) is 4.56. The minimum atomic E-state index is -0.214. The quantitative estimate of drug-likeness (QED) is 0.710. The number of ether oxygens (including phenoxy) is 2. The number of hydrogen-bond donors (Lipinski definition) is 0. The summed E-state index contributed by atoms with van der Waals surface area (Å²) in [5.41, 5.74) is 1.32. The van der Waals surface area contributed by atoms with Gasteiger partial charge in [-0.1, -0.05) is 12.1 Å². The van der Waals surface area contributed by atoms with E-state index in [1.807, 2.05) is 48.9 Å². The summed E-state index contributed by atoms with van der Waals surface area (Å²) < 4.78 is 13.5. The minimum Gasteiger partial charge on any atom is -0.486 e. The molecule has 3 heterocycles. The molecular formula is C20H22N4O3. The lowest BCUT2D eigenvalue weighted by molar-refractivity contribution is 0.0521. The Balaban J connectivity index is 1.47. The molecule has 2 aromatic heterocycles. The van der Waals surface area contributed by atoms with Crippen LogP contribution in [0, 0.1) is 0 Å². The van der Waals surface area contributed by atoms with Crippen LogP contribution < -0.4 is 9.47 Å². The van der Waals surface area contributed by atoms with Crippen molar-refractivity contribution in [2.45, 2.75) is 26.0 Å². The molecule has 0 unspecified atom stereocenters. The number of aromatic nitrogens is 3. The number of carbonyl (C=O) groups is 1. The van der Waals surface area contributed by atoms with Crippen molar-refractivity contribution in [2.24, 2.45) is 0 Å². The number of nitrogens with zero attached hydrogens (tertiary/aromatic N) is 4. The molecule has 7 nitrogen and oxygen atoms in total. The van der Waals surface area contributed by atoms with Gasteiger partial charge in [0, 0.05) is 24.7 Å². The number of amides is 1. The average Bonchev–Trinajstić information content (AvgIpc) is 3.10. The summed E-state index contributed by atoms with van der Waals surface area (Å²) in [5.74, 6) is 1.34. The van der Waals surface area contributed by atoms with Gasteiger partial charge in [-0.2, -0.15) is 5.10 Å². The van der Waals surface area contributed by atoms with Crippen molar-refractivity contribution in [2.75, 3.05) is 20.2 Å². The van der Waals surface area contributed by atoms with Crippen molar-refractivity contribution in [3.05, 3.63) is 48.3 Å². The summed E-state index contributed by atoms with van der Waals surface area (Å²) in [6.45, 7) is 4.93. The van der Waals surface area contributed by atoms with E-state index >= 15 is 0 Å². The normalized spacial score (nSPS) is 15.9. The van der Waals surface area contributed by atoms with Gasteiger partial charge in [0.1, 0.15) is 6.61 Å². The molecule has 0 aliphatic carbocycles. The van der Waals surface area contributed by atoms with E-state index in [4.69, 9.17) is 9.47 Å². The summed E-state index contributed by atoms with van der Waals surface area (Å²) in [4.78, 5) is 18.9. The van der Waals surface area contributed by atoms with Crippen LogP contribution in [0.1, 0.15) is 30.2 Å². The molecule has 1 amide bonds. The van der Waals surface area contributed by atoms with Crippen molar-refractivity contribution < 1.29 is 14.3 Å². The summed E-state index contributed by atoms with van der Waals surface area (Å²) in [7, 11) is 1.76. The number of para-hydroxylation sites is 2. The molecule has 0 saturated carbocycles. The van der Waals surface area contributed by atoms with Crippen LogP contribution in [-0.4, -0.2) is 51.9 Å². The Kier molecular flexibility index (Phi) is 4.43. The molecule has 4 rings (SSSR count). The molecule has 1 atom stereocenters. The zero-order valence-electron chi connectivity index (χ0n) is 15.6. The first-order valence-electron chi connectivity index (χ1n) is 9.00. The van der Waals surface area contributed by atoms with Crippen LogP contribution in [0.5, 0.6) is 11.5 Å². The topological polar surface area (TPSA) is 69.5 Å². The molecule has 27 heavy (non-hydrogen) atoms. The molecule has 1 aliphatic heterocycles. The lowest BCUT2D eigenvalue weighted by Crippen LogP contribution is -2.41. The fraction of sp³-hybridized carbons (Fsp3) is 0.350. The molecule has 3 aromatic rings. The lowest BCUT2D eigenvalue weighted by atomic mass is 10.2. The van der Waals surface area contributed by atoms with Crippen LogP contribution in [0.15, 0.2) is 42.7 Å². The van der Waals surface area contributed by atoms with Gasteiger partial charge in [0.2, 0.25) is 0 Å². The SMILES string of the molecule is CC(C)n1ncc2cc(C(=O)N(C)C[C@@H]3COc4ccccc4O3)cnc21. The fourth-order valence-electron chi connectivity index (χ4n) is 3.20. The monoisotopic (exact) mass is 366 g/mol. The molecule has 7 heteroatoms. The highest BCUT2D eigenvalue weighted by Crippen LogP contribution is 2.31. The van der Waals surface area contributed by atoms with E-state index in [1.165, 1.54) is 0 Å². The molecule has 1 aromatic carbocycles. The number of rotatable bonds is 4. The summed E-state index contributed by atoms with van der Waals surface area (Å²) >= 11 is 0. The van der Waals surface area contributed by atoms with Crippen molar-refractivity contribution in [3.8, 4) is 11.5 Å². The van der Waals surface area contributed by atoms with Crippen molar-refractivity contribution in [1.29, 1.82) is 0 Å². The van der Waals surface area contributed by atoms with Gasteiger partial charge in [0.25, 0.3) is 5.91 Å². The van der Waals surface area contributed by atoms with E-state index in [2.05, 4.69) is 10.1 Å². The van der Waals surface area contributed by atoms with Crippen LogP contribution in [0.2, 0.25) is 0 Å². The van der Waals surface area contributed by atoms with E-state index < -0.39 is 0 Å². The van der Waals surface area contributed by atoms with E-state index in [9.17, 15) is 4.79 Å². The van der Waals surface area contributed by atoms with Crippen molar-refractivity contribution in [3.63, 3.8) is 0 Å². The predicted octanol–water partition coefficient (Wildman–Crippen LogP) is 2.92. The highest BCUT2D eigenvalue weighted by atomic mass is 16.6. The van der Waals surface area contributed by atoms with Crippen LogP contribution >= 0.6 is 0 Å². The van der Waals surface area contributed by atoms with E-state index in [1.54, 1.807) is 24.3 Å². The zero-order valence-corrected chi connectivity index (χ0v) is 15.6. The first-order chi connectivity index (χ1) is 13.0. The maximum absolute atomic E-state index is 12.8. The number of carbonyl (C=O) groups excluding carboxylic acids is 1. The molecule has 0 spiro atoms. The third-order valence-electron chi connectivity index (χ3n) is 4.56. The van der Waals surface area contributed by atoms with Crippen LogP contribution in [-0.2, 0) is 0 Å². The van der Waals surface area contributed by atoms with Gasteiger partial charge in [-0.25, -0.2) is 9.67 Å².